The Bertz CT molecular complexity index is 2270. The Hall–Kier alpha value is -5.41. The molecule has 0 radical (unpaired) electrons. The van der Waals surface area contributed by atoms with Crippen LogP contribution in [-0.4, -0.2) is 36.9 Å². The van der Waals surface area contributed by atoms with Crippen LogP contribution in [0.5, 0.6) is 5.75 Å². The van der Waals surface area contributed by atoms with Gasteiger partial charge in [-0.1, -0.05) is 35.9 Å². The highest BCUT2D eigenvalue weighted by Crippen LogP contribution is 2.34. The molecule has 42 heavy (non-hydrogen) atoms. The molecule has 2 aliphatic heterocycles. The summed E-state index contributed by atoms with van der Waals surface area (Å²) in [4.78, 5) is 39.2. The van der Waals surface area contributed by atoms with E-state index in [0.29, 0.717) is 23.8 Å². The highest BCUT2D eigenvalue weighted by atomic mass is 35.5. The van der Waals surface area contributed by atoms with E-state index in [0.717, 1.165) is 71.6 Å². The van der Waals surface area contributed by atoms with Crippen LogP contribution in [-0.2, 0) is 13.1 Å². The molecule has 2 aliphatic rings. The lowest BCUT2D eigenvalue weighted by Crippen LogP contribution is -2.13. The monoisotopic (exact) mass is 572 g/mol. The van der Waals surface area contributed by atoms with Crippen LogP contribution >= 0.6 is 11.6 Å². The molecular weight excluding hydrogens is 552 g/mol. The summed E-state index contributed by atoms with van der Waals surface area (Å²) in [5.41, 5.74) is 6.79. The summed E-state index contributed by atoms with van der Waals surface area (Å²) in [7, 11) is 0. The summed E-state index contributed by atoms with van der Waals surface area (Å²) in [5.74, 6) is 0.164. The fourth-order valence-corrected chi connectivity index (χ4v) is 6.06. The number of benzene rings is 3. The first kappa shape index (κ1) is 24.4. The molecule has 10 heteroatoms. The minimum atomic E-state index is -0.0413. The average Bonchev–Trinajstić information content (AvgIpc) is 3.76. The average molecular weight is 573 g/mol. The van der Waals surface area contributed by atoms with Crippen molar-refractivity contribution in [3.63, 3.8) is 0 Å². The van der Waals surface area contributed by atoms with Gasteiger partial charge in [-0.25, -0.2) is 4.98 Å². The van der Waals surface area contributed by atoms with Crippen molar-refractivity contribution < 1.29 is 14.7 Å². The Morgan fingerprint density at radius 1 is 0.786 bits per heavy atom. The topological polar surface area (TPSA) is 136 Å². The van der Waals surface area contributed by atoms with Gasteiger partial charge < -0.3 is 25.7 Å². The molecule has 0 spiro atoms. The second kappa shape index (κ2) is 9.05. The van der Waals surface area contributed by atoms with Crippen molar-refractivity contribution in [3.8, 4) is 17.0 Å². The number of fused-ring (bicyclic) bond motifs is 10. The first-order chi connectivity index (χ1) is 20.4. The number of pyridine rings is 2. The molecule has 0 saturated heterocycles. The molecule has 0 aliphatic carbocycles. The van der Waals surface area contributed by atoms with E-state index in [-0.39, 0.29) is 17.6 Å². The fraction of sp³-hybridized carbons (Fsp3) is 0.0625. The minimum Gasteiger partial charge on any atom is -0.508 e. The van der Waals surface area contributed by atoms with Gasteiger partial charge in [0.1, 0.15) is 10.9 Å². The SMILES string of the molecule is O=C1NCc2[nH]c3c(ccc4cnc(-c5ccc(O)cc5)cc43)c21.O=C1NCc2nc3c(ccc4c[nH]c(Cl)cc43)c21. The van der Waals surface area contributed by atoms with Gasteiger partial charge in [0.15, 0.2) is 0 Å². The van der Waals surface area contributed by atoms with E-state index in [9.17, 15) is 14.7 Å². The number of aromatic nitrogens is 4. The number of nitrogens with zero attached hydrogens (tertiary/aromatic N) is 2. The molecule has 0 saturated carbocycles. The van der Waals surface area contributed by atoms with Crippen molar-refractivity contribution in [2.75, 3.05) is 0 Å². The largest absolute Gasteiger partial charge is 0.508 e. The zero-order valence-electron chi connectivity index (χ0n) is 21.9. The van der Waals surface area contributed by atoms with E-state index in [1.54, 1.807) is 12.1 Å². The standard InChI is InChI=1S/C19H13N3O2.C13H8ClN3O/c23-12-4-1-10(2-5-12)15-7-14-11(8-20-15)3-6-13-17-16(22-18(13)14)9-21-19(17)24;14-10-3-8-6(4-15-10)1-2-7-11-9(17-12(7)8)5-16-13(11)18/h1-8,22-23H,9H2,(H,21,24);1-4,15H,5H2,(H,16,18). The van der Waals surface area contributed by atoms with E-state index in [1.807, 2.05) is 60.9 Å². The van der Waals surface area contributed by atoms with Gasteiger partial charge in [-0.15, -0.1) is 0 Å². The van der Waals surface area contributed by atoms with Crippen LogP contribution in [0.25, 0.3) is 54.6 Å². The predicted molar refractivity (Wildman–Crippen MR) is 162 cm³/mol. The number of phenols is 1. The molecule has 0 unspecified atom stereocenters. The first-order valence-corrected chi connectivity index (χ1v) is 13.7. The molecule has 6 heterocycles. The summed E-state index contributed by atoms with van der Waals surface area (Å²) >= 11 is 5.98. The molecule has 2 amide bonds. The molecule has 9 rings (SSSR count). The lowest BCUT2D eigenvalue weighted by molar-refractivity contribution is 0.0959. The van der Waals surface area contributed by atoms with Gasteiger partial charge in [-0.2, -0.15) is 0 Å². The Morgan fingerprint density at radius 3 is 2.40 bits per heavy atom. The van der Waals surface area contributed by atoms with Crippen molar-refractivity contribution in [1.29, 1.82) is 0 Å². The first-order valence-electron chi connectivity index (χ1n) is 13.3. The maximum atomic E-state index is 12.0. The van der Waals surface area contributed by atoms with Gasteiger partial charge in [0.2, 0.25) is 0 Å². The van der Waals surface area contributed by atoms with E-state index in [4.69, 9.17) is 11.6 Å². The highest BCUT2D eigenvalue weighted by molar-refractivity contribution is 6.30. The number of carbonyl (C=O) groups excluding carboxylic acids is 2. The normalized spacial score (nSPS) is 13.7. The van der Waals surface area contributed by atoms with Gasteiger partial charge in [-0.3, -0.25) is 14.6 Å². The second-order valence-corrected chi connectivity index (χ2v) is 10.8. The number of amides is 2. The third-order valence-electron chi connectivity index (χ3n) is 7.90. The molecule has 0 atom stereocenters. The molecule has 0 fully saturated rings. The van der Waals surface area contributed by atoms with E-state index in [1.165, 1.54) is 0 Å². The van der Waals surface area contributed by atoms with Crippen molar-refractivity contribution in [2.45, 2.75) is 13.1 Å². The van der Waals surface area contributed by atoms with Gasteiger partial charge in [-0.05, 0) is 36.4 Å². The second-order valence-electron chi connectivity index (χ2n) is 10.3. The Labute approximate surface area is 242 Å². The van der Waals surface area contributed by atoms with Crippen molar-refractivity contribution >= 4 is 66.8 Å². The summed E-state index contributed by atoms with van der Waals surface area (Å²) in [5, 5.41) is 21.5. The number of phenolic OH excluding ortho intramolecular Hbond substituents is 1. The number of nitrogens with one attached hydrogen (secondary N) is 4. The van der Waals surface area contributed by atoms with Crippen LogP contribution in [0.3, 0.4) is 0 Å². The molecule has 5 N–H and O–H groups in total. The van der Waals surface area contributed by atoms with Crippen molar-refractivity contribution in [3.05, 3.63) is 101 Å². The van der Waals surface area contributed by atoms with Crippen molar-refractivity contribution in [1.82, 2.24) is 30.6 Å². The van der Waals surface area contributed by atoms with E-state index < -0.39 is 0 Å². The van der Waals surface area contributed by atoms with Crippen LogP contribution < -0.4 is 10.6 Å². The lowest BCUT2D eigenvalue weighted by atomic mass is 10.0. The van der Waals surface area contributed by atoms with Crippen molar-refractivity contribution in [2.24, 2.45) is 0 Å². The zero-order valence-corrected chi connectivity index (χ0v) is 22.6. The minimum absolute atomic E-state index is 0.0246. The molecule has 204 valence electrons. The molecule has 3 aromatic carbocycles. The number of aromatic amines is 2. The lowest BCUT2D eigenvalue weighted by Gasteiger charge is -2.05. The third-order valence-corrected chi connectivity index (χ3v) is 8.12. The number of aromatic hydroxyl groups is 1. The Kier molecular flexibility index (Phi) is 5.26. The van der Waals surface area contributed by atoms with Crippen LogP contribution in [0.4, 0.5) is 0 Å². The number of rotatable bonds is 1. The van der Waals surface area contributed by atoms with Gasteiger partial charge in [0.25, 0.3) is 11.8 Å². The summed E-state index contributed by atoms with van der Waals surface area (Å²) in [6, 6.07) is 18.7. The van der Waals surface area contributed by atoms with Crippen LogP contribution in [0.2, 0.25) is 5.15 Å². The molecule has 9 nitrogen and oxygen atoms in total. The van der Waals surface area contributed by atoms with E-state index in [2.05, 4.69) is 30.6 Å². The Morgan fingerprint density at radius 2 is 1.55 bits per heavy atom. The molecule has 7 aromatic rings. The number of carbonyl (C=O) groups is 2. The Balaban J connectivity index is 0.000000132. The fourth-order valence-electron chi connectivity index (χ4n) is 5.89. The maximum Gasteiger partial charge on any atom is 0.254 e. The zero-order chi connectivity index (χ0) is 28.5. The highest BCUT2D eigenvalue weighted by Gasteiger charge is 2.26. The number of H-pyrrole nitrogens is 2. The third kappa shape index (κ3) is 3.71. The number of hydrogen-bond donors (Lipinski definition) is 5. The smallest absolute Gasteiger partial charge is 0.254 e. The predicted octanol–water partition coefficient (Wildman–Crippen LogP) is 5.95. The number of hydrogen-bond acceptors (Lipinski definition) is 5. The van der Waals surface area contributed by atoms with Crippen LogP contribution in [0.1, 0.15) is 32.1 Å². The maximum absolute atomic E-state index is 12.0. The van der Waals surface area contributed by atoms with Crippen LogP contribution in [0, 0.1) is 0 Å². The quantitative estimate of drug-likeness (QED) is 0.155. The number of halogens is 1. The van der Waals surface area contributed by atoms with Gasteiger partial charge >= 0.3 is 0 Å². The van der Waals surface area contributed by atoms with Crippen LogP contribution in [0.15, 0.2) is 73.1 Å². The van der Waals surface area contributed by atoms with E-state index >= 15 is 0 Å². The molecule has 4 aromatic heterocycles. The summed E-state index contributed by atoms with van der Waals surface area (Å²) < 4.78 is 0. The van der Waals surface area contributed by atoms with Gasteiger partial charge in [0.05, 0.1) is 46.6 Å². The molecular formula is C32H21ClN6O3. The van der Waals surface area contributed by atoms with Gasteiger partial charge in [0, 0.05) is 56.0 Å². The summed E-state index contributed by atoms with van der Waals surface area (Å²) in [6.45, 7) is 1.05. The summed E-state index contributed by atoms with van der Waals surface area (Å²) in [6.07, 6.45) is 3.68. The molecule has 0 bridgehead atoms.